The van der Waals surface area contributed by atoms with Crippen LogP contribution in [0.25, 0.3) is 0 Å². The van der Waals surface area contributed by atoms with Gasteiger partial charge in [0.05, 0.1) is 11.4 Å². The number of hydrogen-bond donors (Lipinski definition) is 0. The van der Waals surface area contributed by atoms with E-state index in [1.54, 1.807) is 24.3 Å². The molecule has 0 bridgehead atoms. The number of rotatable bonds is 5. The Morgan fingerprint density at radius 1 is 0.880 bits per heavy atom. The number of carbonyl (C=O) groups excluding carboxylic acids is 3. The summed E-state index contributed by atoms with van der Waals surface area (Å²) in [5.41, 5.74) is 1.26. The van der Waals surface area contributed by atoms with Gasteiger partial charge in [-0.05, 0) is 37.6 Å². The maximum Gasteiger partial charge on any atom is 1.00 e. The number of carbonyl (C=O) groups is 3. The minimum Gasteiger partial charge on any atom is -1.00 e. The average Bonchev–Trinajstić information content (AvgIpc) is 2.85. The molecule has 0 atom stereocenters. The predicted octanol–water partition coefficient (Wildman–Crippen LogP) is 0.0833. The quantitative estimate of drug-likeness (QED) is 0.569. The van der Waals surface area contributed by atoms with Crippen LogP contribution in [0.3, 0.4) is 0 Å². The van der Waals surface area contributed by atoms with Crippen molar-refractivity contribution in [2.75, 3.05) is 10.0 Å². The fraction of sp³-hybridized carbons (Fsp3) is 0.211. The van der Waals surface area contributed by atoms with Crippen LogP contribution in [0.5, 0.6) is 0 Å². The molecule has 3 rings (SSSR count). The van der Waals surface area contributed by atoms with Crippen molar-refractivity contribution in [1.82, 2.24) is 0 Å². The van der Waals surface area contributed by atoms with Crippen LogP contribution in [0.15, 0.2) is 60.7 Å². The summed E-state index contributed by atoms with van der Waals surface area (Å²) in [6.45, 7) is 1.47. The van der Waals surface area contributed by atoms with Crippen molar-refractivity contribution in [2.45, 2.75) is 19.8 Å². The fourth-order valence-electron chi connectivity index (χ4n) is 2.82. The van der Waals surface area contributed by atoms with E-state index in [0.717, 1.165) is 0 Å². The molecular formula is C19H19N2NaO3. The minimum absolute atomic E-state index is 0. The topological polar surface area (TPSA) is 57.7 Å². The second-order valence-corrected chi connectivity index (χ2v) is 5.76. The van der Waals surface area contributed by atoms with E-state index in [4.69, 9.17) is 0 Å². The van der Waals surface area contributed by atoms with Crippen LogP contribution in [0.4, 0.5) is 11.4 Å². The predicted molar refractivity (Wildman–Crippen MR) is 92.4 cm³/mol. The van der Waals surface area contributed by atoms with E-state index in [1.807, 2.05) is 36.4 Å². The van der Waals surface area contributed by atoms with Gasteiger partial charge in [-0.2, -0.15) is 0 Å². The molecule has 5 nitrogen and oxygen atoms in total. The maximum atomic E-state index is 12.9. The molecule has 0 aliphatic carbocycles. The summed E-state index contributed by atoms with van der Waals surface area (Å²) in [4.78, 5) is 37.0. The third-order valence-corrected chi connectivity index (χ3v) is 4.00. The van der Waals surface area contributed by atoms with E-state index in [0.29, 0.717) is 11.4 Å². The summed E-state index contributed by atoms with van der Waals surface area (Å²) in [5, 5.41) is 2.81. The SMILES string of the molecule is CC(=O)CCC1C(=O)N(c2ccccc2)N(c2ccccc2)C1=O.[H-].[Na+]. The van der Waals surface area contributed by atoms with Gasteiger partial charge in [0.15, 0.2) is 0 Å². The van der Waals surface area contributed by atoms with Gasteiger partial charge in [0.25, 0.3) is 11.8 Å². The van der Waals surface area contributed by atoms with Crippen molar-refractivity contribution in [3.05, 3.63) is 60.7 Å². The summed E-state index contributed by atoms with van der Waals surface area (Å²) in [6, 6.07) is 18.1. The molecule has 0 saturated carbocycles. The number of hydrogen-bond acceptors (Lipinski definition) is 3. The van der Waals surface area contributed by atoms with Crippen LogP contribution in [0, 0.1) is 5.92 Å². The van der Waals surface area contributed by atoms with Gasteiger partial charge < -0.3 is 6.22 Å². The first kappa shape index (κ1) is 19.4. The Hall–Kier alpha value is -1.95. The van der Waals surface area contributed by atoms with E-state index < -0.39 is 5.92 Å². The van der Waals surface area contributed by atoms with E-state index >= 15 is 0 Å². The molecule has 0 N–H and O–H groups in total. The van der Waals surface area contributed by atoms with E-state index in [1.165, 1.54) is 16.9 Å². The van der Waals surface area contributed by atoms with Crippen molar-refractivity contribution >= 4 is 29.0 Å². The van der Waals surface area contributed by atoms with Crippen LogP contribution in [-0.4, -0.2) is 17.6 Å². The third kappa shape index (κ3) is 4.00. The summed E-state index contributed by atoms with van der Waals surface area (Å²) in [6.07, 6.45) is 0.451. The molecule has 1 fully saturated rings. The van der Waals surface area contributed by atoms with E-state index in [-0.39, 0.29) is 61.4 Å². The van der Waals surface area contributed by atoms with Crippen molar-refractivity contribution in [2.24, 2.45) is 5.92 Å². The number of hydrazine groups is 1. The minimum atomic E-state index is -0.825. The summed E-state index contributed by atoms with van der Waals surface area (Å²) >= 11 is 0. The Bertz CT molecular complexity index is 713. The Kier molecular flexibility index (Phi) is 6.53. The van der Waals surface area contributed by atoms with Gasteiger partial charge >= 0.3 is 29.6 Å². The van der Waals surface area contributed by atoms with Gasteiger partial charge in [0.2, 0.25) is 0 Å². The Morgan fingerprint density at radius 2 is 1.28 bits per heavy atom. The summed E-state index contributed by atoms with van der Waals surface area (Å²) in [7, 11) is 0. The largest absolute Gasteiger partial charge is 1.00 e. The van der Waals surface area contributed by atoms with Gasteiger partial charge in [-0.1, -0.05) is 36.4 Å². The van der Waals surface area contributed by atoms with Crippen LogP contribution < -0.4 is 39.6 Å². The molecule has 0 radical (unpaired) electrons. The first-order valence-electron chi connectivity index (χ1n) is 7.87. The van der Waals surface area contributed by atoms with Crippen LogP contribution in [-0.2, 0) is 14.4 Å². The maximum absolute atomic E-state index is 12.9. The Balaban J connectivity index is 0.00000169. The van der Waals surface area contributed by atoms with Crippen molar-refractivity contribution in [1.29, 1.82) is 0 Å². The zero-order valence-corrected chi connectivity index (χ0v) is 16.4. The molecule has 1 aliphatic rings. The molecule has 0 unspecified atom stereocenters. The smallest absolute Gasteiger partial charge is 1.00 e. The summed E-state index contributed by atoms with van der Waals surface area (Å²) in [5.74, 6) is -1.44. The standard InChI is InChI=1S/C19H18N2O3.Na.H/c1-14(22)12-13-17-18(23)20(15-8-4-2-5-9-15)21(19(17)24)16-10-6-3-7-11-16;;/h2-11,17H,12-13H2,1H3;;/q;+1;-1. The normalized spacial score (nSPS) is 14.6. The number of ketones is 1. The summed E-state index contributed by atoms with van der Waals surface area (Å²) < 4.78 is 0. The fourth-order valence-corrected chi connectivity index (χ4v) is 2.82. The number of amides is 2. The van der Waals surface area contributed by atoms with Crippen LogP contribution >= 0.6 is 0 Å². The van der Waals surface area contributed by atoms with Gasteiger partial charge in [0.1, 0.15) is 11.7 Å². The van der Waals surface area contributed by atoms with Gasteiger partial charge in [-0.3, -0.25) is 9.59 Å². The molecular weight excluding hydrogens is 327 g/mol. The second-order valence-electron chi connectivity index (χ2n) is 5.76. The molecule has 124 valence electrons. The molecule has 2 aromatic rings. The van der Waals surface area contributed by atoms with E-state index in [2.05, 4.69) is 0 Å². The molecule has 1 aliphatic heterocycles. The zero-order chi connectivity index (χ0) is 17.1. The molecule has 0 spiro atoms. The first-order chi connectivity index (χ1) is 11.6. The zero-order valence-electron chi connectivity index (χ0n) is 15.4. The molecule has 1 heterocycles. The van der Waals surface area contributed by atoms with Crippen molar-refractivity contribution in [3.63, 3.8) is 0 Å². The monoisotopic (exact) mass is 346 g/mol. The van der Waals surface area contributed by atoms with Gasteiger partial charge in [-0.25, -0.2) is 10.0 Å². The van der Waals surface area contributed by atoms with Crippen LogP contribution in [0.1, 0.15) is 21.2 Å². The number of anilines is 2. The number of nitrogens with zero attached hydrogens (tertiary/aromatic N) is 2. The molecule has 6 heteroatoms. The number of Topliss-reactive ketones (excluding diaryl/α,β-unsaturated/α-hetero) is 1. The number of benzene rings is 2. The molecule has 25 heavy (non-hydrogen) atoms. The Morgan fingerprint density at radius 3 is 1.64 bits per heavy atom. The second kappa shape index (κ2) is 8.43. The van der Waals surface area contributed by atoms with Crippen LogP contribution in [0.2, 0.25) is 0 Å². The van der Waals surface area contributed by atoms with Gasteiger partial charge in [-0.15, -0.1) is 0 Å². The number of para-hydroxylation sites is 2. The molecule has 1 saturated heterocycles. The molecule has 0 aromatic heterocycles. The van der Waals surface area contributed by atoms with Gasteiger partial charge in [0, 0.05) is 6.42 Å². The van der Waals surface area contributed by atoms with E-state index in [9.17, 15) is 14.4 Å². The Labute approximate surface area is 170 Å². The van der Waals surface area contributed by atoms with Crippen molar-refractivity contribution in [3.8, 4) is 0 Å². The molecule has 2 aromatic carbocycles. The first-order valence-corrected chi connectivity index (χ1v) is 7.87. The average molecular weight is 346 g/mol. The third-order valence-electron chi connectivity index (χ3n) is 4.00. The van der Waals surface area contributed by atoms with Crippen molar-refractivity contribution < 1.29 is 45.4 Å². The molecule has 2 amide bonds.